The van der Waals surface area contributed by atoms with Crippen LogP contribution in [0.5, 0.6) is 0 Å². The number of carbonyl (C=O) groups excluding carboxylic acids is 1. The van der Waals surface area contributed by atoms with Gasteiger partial charge in [0.05, 0.1) is 10.8 Å². The average molecular weight is 408 g/mol. The monoisotopic (exact) mass is 407 g/mol. The van der Waals surface area contributed by atoms with Gasteiger partial charge in [0.25, 0.3) is 0 Å². The highest BCUT2D eigenvalue weighted by Crippen LogP contribution is 2.17. The summed E-state index contributed by atoms with van der Waals surface area (Å²) in [5, 5.41) is 0. The maximum atomic E-state index is 12.5. The zero-order chi connectivity index (χ0) is 17.5. The van der Waals surface area contributed by atoms with Crippen LogP contribution in [0.1, 0.15) is 19.4 Å². The van der Waals surface area contributed by atoms with Gasteiger partial charge in [-0.05, 0) is 37.1 Å². The minimum absolute atomic E-state index is 0.0135. The van der Waals surface area contributed by atoms with Crippen molar-refractivity contribution in [3.8, 4) is 0 Å². The zero-order valence-electron chi connectivity index (χ0n) is 13.9. The summed E-state index contributed by atoms with van der Waals surface area (Å²) < 4.78 is 13.5. The zero-order valence-corrected chi connectivity index (χ0v) is 16.3. The van der Waals surface area contributed by atoms with Gasteiger partial charge in [-0.25, -0.2) is 0 Å². The molecule has 0 radical (unpaired) electrons. The fourth-order valence-electron chi connectivity index (χ4n) is 2.61. The number of hydrogen-bond donors (Lipinski definition) is 0. The first-order valence-corrected chi connectivity index (χ1v) is 10.0. The molecule has 0 aliphatic rings. The number of rotatable bonds is 7. The number of carbonyl (C=O) groups is 1. The minimum Gasteiger partial charge on any atom is -0.339 e. The van der Waals surface area contributed by atoms with Crippen molar-refractivity contribution in [2.45, 2.75) is 31.2 Å². The Morgan fingerprint density at radius 3 is 2.38 bits per heavy atom. The molecular formula is C19H22BrNO2S. The van der Waals surface area contributed by atoms with Crippen LogP contribution in [0, 0.1) is 0 Å². The highest BCUT2D eigenvalue weighted by molar-refractivity contribution is 9.10. The van der Waals surface area contributed by atoms with E-state index in [1.807, 2.05) is 55.5 Å². The smallest absolute Gasteiger partial charge is 0.219 e. The standard InChI is InChI=1S/C19H22BrNO2S/c1-15(14-24(23)18-9-4-3-5-10-18)21(16(2)22)13-12-17-8-6-7-11-19(17)20/h3-11,15H,12-14H2,1-2H3. The van der Waals surface area contributed by atoms with Gasteiger partial charge in [-0.1, -0.05) is 52.3 Å². The van der Waals surface area contributed by atoms with E-state index in [1.165, 1.54) is 5.56 Å². The molecule has 0 N–H and O–H groups in total. The molecule has 0 saturated carbocycles. The first kappa shape index (κ1) is 18.9. The molecule has 2 aromatic rings. The molecule has 3 nitrogen and oxygen atoms in total. The van der Waals surface area contributed by atoms with Crippen molar-refractivity contribution in [1.29, 1.82) is 0 Å². The Bertz CT molecular complexity index is 706. The summed E-state index contributed by atoms with van der Waals surface area (Å²) in [6, 6.07) is 17.3. The second-order valence-electron chi connectivity index (χ2n) is 5.73. The maximum Gasteiger partial charge on any atom is 0.219 e. The van der Waals surface area contributed by atoms with Gasteiger partial charge in [-0.15, -0.1) is 0 Å². The van der Waals surface area contributed by atoms with Crippen molar-refractivity contribution in [1.82, 2.24) is 4.90 Å². The summed E-state index contributed by atoms with van der Waals surface area (Å²) in [7, 11) is -1.11. The fourth-order valence-corrected chi connectivity index (χ4v) is 4.36. The van der Waals surface area contributed by atoms with Crippen LogP contribution in [0.2, 0.25) is 0 Å². The second-order valence-corrected chi connectivity index (χ2v) is 8.08. The van der Waals surface area contributed by atoms with Crippen molar-refractivity contribution in [3.05, 3.63) is 64.6 Å². The number of halogens is 1. The van der Waals surface area contributed by atoms with Crippen LogP contribution in [0.15, 0.2) is 64.0 Å². The van der Waals surface area contributed by atoms with Gasteiger partial charge in [-0.3, -0.25) is 9.00 Å². The van der Waals surface area contributed by atoms with Crippen LogP contribution in [0.4, 0.5) is 0 Å². The lowest BCUT2D eigenvalue weighted by Gasteiger charge is -2.28. The van der Waals surface area contributed by atoms with Gasteiger partial charge in [0.1, 0.15) is 0 Å². The molecule has 0 bridgehead atoms. The largest absolute Gasteiger partial charge is 0.339 e. The Labute approximate surface area is 154 Å². The van der Waals surface area contributed by atoms with Crippen LogP contribution in [-0.2, 0) is 22.0 Å². The Kier molecular flexibility index (Phi) is 7.18. The molecule has 128 valence electrons. The number of benzene rings is 2. The van der Waals surface area contributed by atoms with Gasteiger partial charge in [-0.2, -0.15) is 0 Å². The van der Waals surface area contributed by atoms with Crippen molar-refractivity contribution in [2.75, 3.05) is 12.3 Å². The molecule has 0 fully saturated rings. The molecular weight excluding hydrogens is 386 g/mol. The molecule has 2 aromatic carbocycles. The summed E-state index contributed by atoms with van der Waals surface area (Å²) in [6.07, 6.45) is 0.767. The van der Waals surface area contributed by atoms with E-state index in [0.29, 0.717) is 12.3 Å². The summed E-state index contributed by atoms with van der Waals surface area (Å²) >= 11 is 3.54. The van der Waals surface area contributed by atoms with Crippen LogP contribution in [0.3, 0.4) is 0 Å². The topological polar surface area (TPSA) is 37.4 Å². The van der Waals surface area contributed by atoms with Gasteiger partial charge in [0, 0.05) is 34.6 Å². The summed E-state index contributed by atoms with van der Waals surface area (Å²) in [5.41, 5.74) is 1.17. The van der Waals surface area contributed by atoms with Gasteiger partial charge < -0.3 is 4.90 Å². The van der Waals surface area contributed by atoms with E-state index >= 15 is 0 Å². The molecule has 24 heavy (non-hydrogen) atoms. The number of hydrogen-bond acceptors (Lipinski definition) is 2. The van der Waals surface area contributed by atoms with Crippen molar-refractivity contribution in [2.24, 2.45) is 0 Å². The molecule has 0 aliphatic heterocycles. The lowest BCUT2D eigenvalue weighted by atomic mass is 10.1. The lowest BCUT2D eigenvalue weighted by Crippen LogP contribution is -2.41. The predicted molar refractivity (Wildman–Crippen MR) is 102 cm³/mol. The van der Waals surface area contributed by atoms with E-state index in [1.54, 1.807) is 11.8 Å². The van der Waals surface area contributed by atoms with Gasteiger partial charge >= 0.3 is 0 Å². The number of amides is 1. The molecule has 0 saturated heterocycles. The van der Waals surface area contributed by atoms with E-state index in [-0.39, 0.29) is 11.9 Å². The molecule has 0 heterocycles. The van der Waals surface area contributed by atoms with E-state index in [2.05, 4.69) is 22.0 Å². The third kappa shape index (κ3) is 5.28. The summed E-state index contributed by atoms with van der Waals surface area (Å²) in [4.78, 5) is 14.6. The van der Waals surface area contributed by atoms with Gasteiger partial charge in [0.2, 0.25) is 5.91 Å². The molecule has 0 aliphatic carbocycles. The minimum atomic E-state index is -1.11. The highest BCUT2D eigenvalue weighted by atomic mass is 79.9. The molecule has 2 rings (SSSR count). The molecule has 0 spiro atoms. The Hall–Kier alpha value is -1.46. The quantitative estimate of drug-likeness (QED) is 0.694. The molecule has 5 heteroatoms. The van der Waals surface area contributed by atoms with E-state index in [4.69, 9.17) is 0 Å². The lowest BCUT2D eigenvalue weighted by molar-refractivity contribution is -0.130. The first-order valence-electron chi connectivity index (χ1n) is 7.93. The van der Waals surface area contributed by atoms with Crippen LogP contribution < -0.4 is 0 Å². The van der Waals surface area contributed by atoms with Crippen LogP contribution in [-0.4, -0.2) is 33.4 Å². The summed E-state index contributed by atoms with van der Waals surface area (Å²) in [6.45, 7) is 4.15. The third-order valence-corrected chi connectivity index (χ3v) is 6.27. The molecule has 0 aromatic heterocycles. The maximum absolute atomic E-state index is 12.5. The molecule has 2 unspecified atom stereocenters. The molecule has 1 amide bonds. The van der Waals surface area contributed by atoms with E-state index in [0.717, 1.165) is 15.8 Å². The van der Waals surface area contributed by atoms with Crippen LogP contribution in [0.25, 0.3) is 0 Å². The highest BCUT2D eigenvalue weighted by Gasteiger charge is 2.20. The Morgan fingerprint density at radius 1 is 1.12 bits per heavy atom. The molecule has 2 atom stereocenters. The fraction of sp³-hybridized carbons (Fsp3) is 0.316. The first-order chi connectivity index (χ1) is 11.5. The van der Waals surface area contributed by atoms with Gasteiger partial charge in [0.15, 0.2) is 0 Å². The Morgan fingerprint density at radius 2 is 1.75 bits per heavy atom. The van der Waals surface area contributed by atoms with Crippen molar-refractivity contribution < 1.29 is 9.00 Å². The summed E-state index contributed by atoms with van der Waals surface area (Å²) in [5.74, 6) is 0.458. The van der Waals surface area contributed by atoms with E-state index in [9.17, 15) is 9.00 Å². The third-order valence-electron chi connectivity index (χ3n) is 3.92. The average Bonchev–Trinajstić information content (AvgIpc) is 2.57. The van der Waals surface area contributed by atoms with Crippen molar-refractivity contribution >= 4 is 32.6 Å². The predicted octanol–water partition coefficient (Wildman–Crippen LogP) is 4.04. The Balaban J connectivity index is 2.00. The van der Waals surface area contributed by atoms with E-state index < -0.39 is 10.8 Å². The van der Waals surface area contributed by atoms with Crippen molar-refractivity contribution in [3.63, 3.8) is 0 Å². The van der Waals surface area contributed by atoms with Crippen LogP contribution >= 0.6 is 15.9 Å². The number of nitrogens with zero attached hydrogens (tertiary/aromatic N) is 1. The SMILES string of the molecule is CC(=O)N(CCc1ccccc1Br)C(C)CS(=O)c1ccccc1. The second kappa shape index (κ2) is 9.14. The normalized spacial score (nSPS) is 13.3.